The molecule has 28 heavy (non-hydrogen) atoms. The predicted molar refractivity (Wildman–Crippen MR) is 110 cm³/mol. The molecule has 146 valence electrons. The maximum absolute atomic E-state index is 13.6. The van der Waals surface area contributed by atoms with Crippen LogP contribution < -0.4 is 19.7 Å². The zero-order valence-corrected chi connectivity index (χ0v) is 16.8. The van der Waals surface area contributed by atoms with Crippen LogP contribution in [0.5, 0.6) is 11.5 Å². The van der Waals surface area contributed by atoms with Gasteiger partial charge in [0.05, 0.1) is 26.1 Å². The minimum absolute atomic E-state index is 0.0679. The van der Waals surface area contributed by atoms with Crippen molar-refractivity contribution >= 4 is 28.9 Å². The van der Waals surface area contributed by atoms with Gasteiger partial charge in [0.1, 0.15) is 17.0 Å². The number of hydrogen-bond donors (Lipinski definition) is 1. The van der Waals surface area contributed by atoms with Gasteiger partial charge in [0, 0.05) is 31.3 Å². The van der Waals surface area contributed by atoms with Crippen molar-refractivity contribution in [2.45, 2.75) is 11.5 Å². The van der Waals surface area contributed by atoms with E-state index in [1.54, 1.807) is 37.6 Å². The van der Waals surface area contributed by atoms with Crippen LogP contribution in [0.3, 0.4) is 0 Å². The monoisotopic (exact) mass is 398 g/mol. The fourth-order valence-corrected chi connectivity index (χ4v) is 4.51. The molecule has 2 aliphatic rings. The molecular weight excluding hydrogens is 376 g/mol. The van der Waals surface area contributed by atoms with E-state index in [-0.39, 0.29) is 11.8 Å². The zero-order chi connectivity index (χ0) is 19.9. The smallest absolute Gasteiger partial charge is 0.261 e. The van der Waals surface area contributed by atoms with Crippen LogP contribution in [-0.4, -0.2) is 60.8 Å². The number of nitrogens with one attached hydrogen (secondary N) is 1. The number of anilines is 1. The molecular formula is C20H22N4O3S. The molecule has 2 aromatic rings. The van der Waals surface area contributed by atoms with E-state index in [9.17, 15) is 4.79 Å². The van der Waals surface area contributed by atoms with E-state index in [2.05, 4.69) is 15.2 Å². The number of methoxy groups -OCH3 is 2. The van der Waals surface area contributed by atoms with Gasteiger partial charge in [0.15, 0.2) is 5.11 Å². The molecule has 2 fully saturated rings. The summed E-state index contributed by atoms with van der Waals surface area (Å²) in [7, 11) is 5.24. The normalized spacial score (nSPS) is 24.7. The maximum Gasteiger partial charge on any atom is 0.261 e. The Balaban J connectivity index is 1.78. The molecule has 0 saturated carbocycles. The molecule has 2 saturated heterocycles. The summed E-state index contributed by atoms with van der Waals surface area (Å²) in [6, 6.07) is 9.37. The van der Waals surface area contributed by atoms with Gasteiger partial charge in [-0.3, -0.25) is 14.7 Å². The molecule has 1 spiro atoms. The molecule has 2 atom stereocenters. The van der Waals surface area contributed by atoms with Crippen molar-refractivity contribution in [2.24, 2.45) is 0 Å². The first-order valence-corrected chi connectivity index (χ1v) is 9.37. The first kappa shape index (κ1) is 18.6. The Hall–Kier alpha value is -2.71. The number of likely N-dealkylation sites (tertiary alicyclic amines) is 1. The second kappa shape index (κ2) is 7.03. The first-order valence-electron chi connectivity index (χ1n) is 8.97. The summed E-state index contributed by atoms with van der Waals surface area (Å²) in [4.78, 5) is 21.4. The van der Waals surface area contributed by atoms with Gasteiger partial charge >= 0.3 is 0 Å². The van der Waals surface area contributed by atoms with Crippen LogP contribution in [-0.2, 0) is 4.79 Å². The van der Waals surface area contributed by atoms with E-state index in [0.717, 1.165) is 5.56 Å². The molecule has 1 aromatic heterocycles. The maximum atomic E-state index is 13.6. The Morgan fingerprint density at radius 2 is 1.96 bits per heavy atom. The van der Waals surface area contributed by atoms with Crippen LogP contribution in [0.2, 0.25) is 0 Å². The molecule has 0 radical (unpaired) electrons. The van der Waals surface area contributed by atoms with Crippen LogP contribution >= 0.6 is 12.2 Å². The summed E-state index contributed by atoms with van der Waals surface area (Å²) < 4.78 is 10.9. The molecule has 1 N–H and O–H groups in total. The third kappa shape index (κ3) is 2.89. The molecule has 4 rings (SSSR count). The van der Waals surface area contributed by atoms with Gasteiger partial charge in [-0.05, 0) is 49.1 Å². The largest absolute Gasteiger partial charge is 0.497 e. The fourth-order valence-electron chi connectivity index (χ4n) is 4.14. The lowest BCUT2D eigenvalue weighted by Gasteiger charge is -2.29. The van der Waals surface area contributed by atoms with Crippen molar-refractivity contribution < 1.29 is 14.3 Å². The van der Waals surface area contributed by atoms with Gasteiger partial charge in [0.25, 0.3) is 5.91 Å². The molecule has 8 heteroatoms. The highest BCUT2D eigenvalue weighted by molar-refractivity contribution is 7.80. The molecule has 1 aromatic carbocycles. The lowest BCUT2D eigenvalue weighted by atomic mass is 9.81. The number of ether oxygens (including phenoxy) is 2. The highest BCUT2D eigenvalue weighted by Crippen LogP contribution is 2.42. The van der Waals surface area contributed by atoms with E-state index in [4.69, 9.17) is 21.7 Å². The Morgan fingerprint density at radius 3 is 2.57 bits per heavy atom. The SMILES string of the molecule is COc1cc(OC)cc([C@H]2CN(C)C[C@]23NC(=S)N(c2cccnc2)C3=O)c1. The average Bonchev–Trinajstić information content (AvgIpc) is 3.17. The van der Waals surface area contributed by atoms with Crippen LogP contribution in [0.4, 0.5) is 5.69 Å². The number of carbonyl (C=O) groups excluding carboxylic acids is 1. The molecule has 2 aliphatic heterocycles. The number of carbonyl (C=O) groups is 1. The number of likely N-dealkylation sites (N-methyl/N-ethyl adjacent to an activating group) is 1. The van der Waals surface area contributed by atoms with Crippen LogP contribution in [0, 0.1) is 0 Å². The average molecular weight is 398 g/mol. The van der Waals surface area contributed by atoms with Gasteiger partial charge < -0.3 is 19.7 Å². The van der Waals surface area contributed by atoms with E-state index in [1.807, 2.05) is 31.3 Å². The Morgan fingerprint density at radius 1 is 1.25 bits per heavy atom. The van der Waals surface area contributed by atoms with Gasteiger partial charge in [0.2, 0.25) is 0 Å². The first-order chi connectivity index (χ1) is 13.5. The number of rotatable bonds is 4. The van der Waals surface area contributed by atoms with Crippen LogP contribution in [0.15, 0.2) is 42.7 Å². The number of benzene rings is 1. The number of thiocarbonyl (C=S) groups is 1. The van der Waals surface area contributed by atoms with Crippen molar-refractivity contribution in [3.05, 3.63) is 48.3 Å². The van der Waals surface area contributed by atoms with Crippen molar-refractivity contribution in [1.82, 2.24) is 15.2 Å². The van der Waals surface area contributed by atoms with Crippen molar-refractivity contribution in [3.63, 3.8) is 0 Å². The number of amides is 1. The molecule has 1 amide bonds. The van der Waals surface area contributed by atoms with Crippen molar-refractivity contribution in [3.8, 4) is 11.5 Å². The topological polar surface area (TPSA) is 66.9 Å². The molecule has 0 bridgehead atoms. The molecule has 7 nitrogen and oxygen atoms in total. The second-order valence-electron chi connectivity index (χ2n) is 7.15. The summed E-state index contributed by atoms with van der Waals surface area (Å²) in [5, 5.41) is 3.73. The predicted octanol–water partition coefficient (Wildman–Crippen LogP) is 1.79. The number of aromatic nitrogens is 1. The summed E-state index contributed by atoms with van der Waals surface area (Å²) >= 11 is 5.55. The Kier molecular flexibility index (Phi) is 4.68. The molecule has 0 unspecified atom stereocenters. The quantitative estimate of drug-likeness (QED) is 0.788. The minimum Gasteiger partial charge on any atom is -0.497 e. The van der Waals surface area contributed by atoms with Gasteiger partial charge in [-0.15, -0.1) is 0 Å². The third-order valence-electron chi connectivity index (χ3n) is 5.41. The molecule has 3 heterocycles. The summed E-state index contributed by atoms with van der Waals surface area (Å²) in [6.45, 7) is 1.26. The van der Waals surface area contributed by atoms with Crippen LogP contribution in [0.25, 0.3) is 0 Å². The van der Waals surface area contributed by atoms with E-state index in [0.29, 0.717) is 35.4 Å². The van der Waals surface area contributed by atoms with Gasteiger partial charge in [-0.2, -0.15) is 0 Å². The number of pyridine rings is 1. The van der Waals surface area contributed by atoms with E-state index < -0.39 is 5.54 Å². The lowest BCUT2D eigenvalue weighted by molar-refractivity contribution is -0.122. The van der Waals surface area contributed by atoms with Crippen LogP contribution in [0.1, 0.15) is 11.5 Å². The van der Waals surface area contributed by atoms with Gasteiger partial charge in [-0.1, -0.05) is 0 Å². The number of hydrogen-bond acceptors (Lipinski definition) is 6. The fraction of sp³-hybridized carbons (Fsp3) is 0.350. The van der Waals surface area contributed by atoms with E-state index >= 15 is 0 Å². The van der Waals surface area contributed by atoms with E-state index in [1.165, 1.54) is 0 Å². The second-order valence-corrected chi connectivity index (χ2v) is 7.54. The van der Waals surface area contributed by atoms with Gasteiger partial charge in [-0.25, -0.2) is 0 Å². The summed E-state index contributed by atoms with van der Waals surface area (Å²) in [6.07, 6.45) is 3.32. The van der Waals surface area contributed by atoms with Crippen molar-refractivity contribution in [1.29, 1.82) is 0 Å². The number of nitrogens with zero attached hydrogens (tertiary/aromatic N) is 3. The van der Waals surface area contributed by atoms with Crippen molar-refractivity contribution in [2.75, 3.05) is 39.3 Å². The molecule has 0 aliphatic carbocycles. The standard InChI is InChI=1S/C20H22N4O3S/c1-23-11-17(13-7-15(26-2)9-16(8-13)27-3)20(12-23)18(25)24(19(28)22-20)14-5-4-6-21-10-14/h4-10,17H,11-12H2,1-3H3,(H,22,28)/t17-,20+/m1/s1. The Bertz CT molecular complexity index is 901. The zero-order valence-electron chi connectivity index (χ0n) is 16.0. The Labute approximate surface area is 169 Å². The summed E-state index contributed by atoms with van der Waals surface area (Å²) in [5.41, 5.74) is 0.787. The highest BCUT2D eigenvalue weighted by Gasteiger charge is 2.59. The highest BCUT2D eigenvalue weighted by atomic mass is 32.1. The lowest BCUT2D eigenvalue weighted by Crippen LogP contribution is -2.52. The third-order valence-corrected chi connectivity index (χ3v) is 5.69. The summed E-state index contributed by atoms with van der Waals surface area (Å²) in [5.74, 6) is 1.20. The minimum atomic E-state index is -0.848.